The van der Waals surface area contributed by atoms with Gasteiger partial charge in [-0.3, -0.25) is 4.79 Å². The van der Waals surface area contributed by atoms with E-state index in [0.29, 0.717) is 5.46 Å². The minimum atomic E-state index is -1.51. The average Bonchev–Trinajstić information content (AvgIpc) is 2.68. The van der Waals surface area contributed by atoms with Crippen molar-refractivity contribution in [1.29, 1.82) is 0 Å². The number of nitrogens with two attached hydrogens (primary N) is 1. The highest BCUT2D eigenvalue weighted by atomic mass is 16.4. The zero-order valence-electron chi connectivity index (χ0n) is 14.6. The van der Waals surface area contributed by atoms with Crippen LogP contribution in [0.3, 0.4) is 0 Å². The summed E-state index contributed by atoms with van der Waals surface area (Å²) in [6.45, 7) is 0. The number of hydrogen-bond donors (Lipinski definition) is 4. The smallest absolute Gasteiger partial charge is 0.480 e. The second-order valence-corrected chi connectivity index (χ2v) is 6.43. The lowest BCUT2D eigenvalue weighted by molar-refractivity contribution is -0.138. The molecule has 0 aliphatic rings. The fourth-order valence-electron chi connectivity index (χ4n) is 2.98. The SMILES string of the molecule is N[C@@H](Cc1cccc(-c2cccc(-c3cccc(B(O)O)c3)c2)c1)C(=O)O. The Hall–Kier alpha value is -2.93. The van der Waals surface area contributed by atoms with Crippen LogP contribution in [0.1, 0.15) is 5.56 Å². The van der Waals surface area contributed by atoms with Crippen LogP contribution in [0.5, 0.6) is 0 Å². The molecule has 1 atom stereocenters. The van der Waals surface area contributed by atoms with Gasteiger partial charge in [-0.15, -0.1) is 0 Å². The van der Waals surface area contributed by atoms with Crippen molar-refractivity contribution in [3.63, 3.8) is 0 Å². The van der Waals surface area contributed by atoms with E-state index >= 15 is 0 Å². The van der Waals surface area contributed by atoms with Gasteiger partial charge in [-0.25, -0.2) is 0 Å². The Labute approximate surface area is 157 Å². The molecule has 6 heteroatoms. The molecule has 0 aromatic heterocycles. The van der Waals surface area contributed by atoms with Crippen molar-refractivity contribution in [3.05, 3.63) is 78.4 Å². The zero-order chi connectivity index (χ0) is 19.4. The van der Waals surface area contributed by atoms with Crippen molar-refractivity contribution in [2.45, 2.75) is 12.5 Å². The molecule has 27 heavy (non-hydrogen) atoms. The van der Waals surface area contributed by atoms with E-state index < -0.39 is 19.1 Å². The van der Waals surface area contributed by atoms with Crippen LogP contribution < -0.4 is 11.2 Å². The van der Waals surface area contributed by atoms with Gasteiger partial charge in [0.15, 0.2) is 0 Å². The lowest BCUT2D eigenvalue weighted by Crippen LogP contribution is -2.32. The van der Waals surface area contributed by atoms with Gasteiger partial charge in [-0.2, -0.15) is 0 Å². The molecule has 5 nitrogen and oxygen atoms in total. The highest BCUT2D eigenvalue weighted by Crippen LogP contribution is 2.27. The molecule has 136 valence electrons. The molecule has 0 fully saturated rings. The highest BCUT2D eigenvalue weighted by molar-refractivity contribution is 6.58. The third kappa shape index (κ3) is 4.62. The van der Waals surface area contributed by atoms with Gasteiger partial charge in [0.2, 0.25) is 0 Å². The van der Waals surface area contributed by atoms with Gasteiger partial charge in [0.05, 0.1) is 0 Å². The van der Waals surface area contributed by atoms with Crippen molar-refractivity contribution < 1.29 is 19.9 Å². The van der Waals surface area contributed by atoms with E-state index in [1.807, 2.05) is 54.6 Å². The maximum atomic E-state index is 11.0. The van der Waals surface area contributed by atoms with E-state index in [-0.39, 0.29) is 6.42 Å². The van der Waals surface area contributed by atoms with Gasteiger partial charge >= 0.3 is 13.1 Å². The predicted octanol–water partition coefficient (Wildman–Crippen LogP) is 1.65. The average molecular weight is 361 g/mol. The van der Waals surface area contributed by atoms with E-state index in [4.69, 9.17) is 10.8 Å². The largest absolute Gasteiger partial charge is 0.488 e. The van der Waals surface area contributed by atoms with Crippen molar-refractivity contribution in [1.82, 2.24) is 0 Å². The minimum absolute atomic E-state index is 0.263. The molecule has 0 amide bonds. The molecule has 0 heterocycles. The Morgan fingerprint density at radius 3 is 1.96 bits per heavy atom. The molecular formula is C21H20BNO4. The zero-order valence-corrected chi connectivity index (χ0v) is 14.6. The molecule has 0 bridgehead atoms. The van der Waals surface area contributed by atoms with Crippen LogP contribution in [-0.4, -0.2) is 34.3 Å². The maximum Gasteiger partial charge on any atom is 0.488 e. The van der Waals surface area contributed by atoms with Crippen LogP contribution in [0.4, 0.5) is 0 Å². The Kier molecular flexibility index (Phi) is 5.71. The Morgan fingerprint density at radius 2 is 1.37 bits per heavy atom. The molecule has 5 N–H and O–H groups in total. The monoisotopic (exact) mass is 361 g/mol. The van der Waals surface area contributed by atoms with E-state index in [0.717, 1.165) is 27.8 Å². The first-order chi connectivity index (χ1) is 12.9. The molecule has 0 aliphatic carbocycles. The fraction of sp³-hybridized carbons (Fsp3) is 0.0952. The van der Waals surface area contributed by atoms with E-state index in [1.54, 1.807) is 18.2 Å². The number of rotatable bonds is 6. The van der Waals surface area contributed by atoms with Crippen LogP contribution >= 0.6 is 0 Å². The predicted molar refractivity (Wildman–Crippen MR) is 106 cm³/mol. The number of aliphatic carboxylic acids is 1. The molecular weight excluding hydrogens is 341 g/mol. The Bertz CT molecular complexity index is 958. The summed E-state index contributed by atoms with van der Waals surface area (Å²) in [6, 6.07) is 21.7. The molecule has 3 rings (SSSR count). The summed E-state index contributed by atoms with van der Waals surface area (Å²) in [4.78, 5) is 11.0. The summed E-state index contributed by atoms with van der Waals surface area (Å²) in [7, 11) is -1.51. The Balaban J connectivity index is 1.92. The molecule has 3 aromatic rings. The van der Waals surface area contributed by atoms with Crippen molar-refractivity contribution >= 4 is 18.6 Å². The van der Waals surface area contributed by atoms with Gasteiger partial charge in [0.1, 0.15) is 6.04 Å². The molecule has 3 aromatic carbocycles. The van der Waals surface area contributed by atoms with E-state index in [9.17, 15) is 14.8 Å². The highest BCUT2D eigenvalue weighted by Gasteiger charge is 2.13. The standard InChI is InChI=1S/C21H20BNO4/c23-20(21(24)25)11-14-4-1-5-15(10-14)16-6-2-7-17(12-16)18-8-3-9-19(13-18)22(26)27/h1-10,12-13,20,26-27H,11,23H2,(H,24,25)/t20-/m0/s1. The van der Waals surface area contributed by atoms with Gasteiger partial charge in [-0.05, 0) is 45.8 Å². The number of carbonyl (C=O) groups is 1. The van der Waals surface area contributed by atoms with Gasteiger partial charge in [0, 0.05) is 0 Å². The number of hydrogen-bond acceptors (Lipinski definition) is 4. The molecule has 0 spiro atoms. The third-order valence-electron chi connectivity index (χ3n) is 4.41. The molecule has 0 saturated heterocycles. The molecule has 0 radical (unpaired) electrons. The van der Waals surface area contributed by atoms with Crippen LogP contribution in [0, 0.1) is 0 Å². The number of benzene rings is 3. The lowest BCUT2D eigenvalue weighted by Gasteiger charge is -2.10. The number of carboxylic acid groups (broad SMARTS) is 1. The Morgan fingerprint density at radius 1 is 0.852 bits per heavy atom. The molecule has 0 unspecified atom stereocenters. The first-order valence-electron chi connectivity index (χ1n) is 8.58. The summed E-state index contributed by atoms with van der Waals surface area (Å²) in [5.74, 6) is -1.02. The van der Waals surface area contributed by atoms with Crippen LogP contribution in [0.25, 0.3) is 22.3 Å². The van der Waals surface area contributed by atoms with Crippen LogP contribution in [0.2, 0.25) is 0 Å². The third-order valence-corrected chi connectivity index (χ3v) is 4.41. The summed E-state index contributed by atoms with van der Waals surface area (Å²) in [6.07, 6.45) is 0.263. The van der Waals surface area contributed by atoms with Crippen molar-refractivity contribution in [2.24, 2.45) is 5.73 Å². The van der Waals surface area contributed by atoms with Gasteiger partial charge in [-0.1, -0.05) is 66.7 Å². The maximum absolute atomic E-state index is 11.0. The van der Waals surface area contributed by atoms with E-state index in [2.05, 4.69) is 0 Å². The fourth-order valence-corrected chi connectivity index (χ4v) is 2.98. The normalized spacial score (nSPS) is 11.8. The summed E-state index contributed by atoms with van der Waals surface area (Å²) < 4.78 is 0. The minimum Gasteiger partial charge on any atom is -0.480 e. The summed E-state index contributed by atoms with van der Waals surface area (Å²) in [5.41, 5.74) is 10.7. The summed E-state index contributed by atoms with van der Waals surface area (Å²) in [5, 5.41) is 27.7. The summed E-state index contributed by atoms with van der Waals surface area (Å²) >= 11 is 0. The first-order valence-corrected chi connectivity index (χ1v) is 8.58. The van der Waals surface area contributed by atoms with Gasteiger partial charge in [0.25, 0.3) is 0 Å². The van der Waals surface area contributed by atoms with E-state index in [1.165, 1.54) is 0 Å². The number of carboxylic acids is 1. The lowest BCUT2D eigenvalue weighted by atomic mass is 9.79. The topological polar surface area (TPSA) is 104 Å². The quantitative estimate of drug-likeness (QED) is 0.500. The molecule has 0 saturated carbocycles. The van der Waals surface area contributed by atoms with Crippen molar-refractivity contribution in [3.8, 4) is 22.3 Å². The second-order valence-electron chi connectivity index (χ2n) is 6.43. The second kappa shape index (κ2) is 8.18. The van der Waals surface area contributed by atoms with Crippen LogP contribution in [-0.2, 0) is 11.2 Å². The van der Waals surface area contributed by atoms with Gasteiger partial charge < -0.3 is 20.9 Å². The molecule has 0 aliphatic heterocycles. The first kappa shape index (κ1) is 18.9. The van der Waals surface area contributed by atoms with Crippen molar-refractivity contribution in [2.75, 3.05) is 0 Å². The van der Waals surface area contributed by atoms with Crippen LogP contribution in [0.15, 0.2) is 72.8 Å².